The number of nitrogens with zero attached hydrogens (tertiary/aromatic N) is 3. The fourth-order valence-electron chi connectivity index (χ4n) is 2.00. The molecule has 2 aromatic heterocycles. The van der Waals surface area contributed by atoms with Crippen LogP contribution in [0.3, 0.4) is 0 Å². The molecule has 0 radical (unpaired) electrons. The number of imidazole rings is 1. The standard InChI is InChI=1S/C12H15N3O/c1-8(2)12-14-10-3-4-13-5-11(10)15(12)6-9-7-16-9/h3-5,8-9H,6-7H2,1-2H3/t9-/m1/s1. The number of hydrogen-bond donors (Lipinski definition) is 0. The monoisotopic (exact) mass is 217 g/mol. The minimum atomic E-state index is 0.370. The van der Waals surface area contributed by atoms with Gasteiger partial charge in [-0.05, 0) is 6.07 Å². The van der Waals surface area contributed by atoms with Gasteiger partial charge in [-0.15, -0.1) is 0 Å². The maximum Gasteiger partial charge on any atom is 0.112 e. The lowest BCUT2D eigenvalue weighted by atomic mass is 10.2. The Morgan fingerprint density at radius 3 is 3.06 bits per heavy atom. The average Bonchev–Trinajstić information content (AvgIpc) is 3.00. The lowest BCUT2D eigenvalue weighted by Gasteiger charge is -2.09. The number of fused-ring (bicyclic) bond motifs is 1. The zero-order valence-corrected chi connectivity index (χ0v) is 9.55. The van der Waals surface area contributed by atoms with Gasteiger partial charge < -0.3 is 9.30 Å². The molecule has 0 unspecified atom stereocenters. The summed E-state index contributed by atoms with van der Waals surface area (Å²) >= 11 is 0. The van der Waals surface area contributed by atoms with Gasteiger partial charge >= 0.3 is 0 Å². The highest BCUT2D eigenvalue weighted by Gasteiger charge is 2.25. The minimum absolute atomic E-state index is 0.370. The molecule has 0 N–H and O–H groups in total. The number of hydrogen-bond acceptors (Lipinski definition) is 3. The molecule has 3 rings (SSSR count). The van der Waals surface area contributed by atoms with Gasteiger partial charge in [-0.2, -0.15) is 0 Å². The van der Waals surface area contributed by atoms with Gasteiger partial charge in [0, 0.05) is 12.1 Å². The van der Waals surface area contributed by atoms with Gasteiger partial charge in [-0.25, -0.2) is 4.98 Å². The van der Waals surface area contributed by atoms with Crippen LogP contribution in [0.5, 0.6) is 0 Å². The van der Waals surface area contributed by atoms with Crippen molar-refractivity contribution in [1.29, 1.82) is 0 Å². The van der Waals surface area contributed by atoms with Gasteiger partial charge in [0.05, 0.1) is 36.5 Å². The molecule has 1 aliphatic rings. The summed E-state index contributed by atoms with van der Waals surface area (Å²) in [7, 11) is 0. The van der Waals surface area contributed by atoms with E-state index in [9.17, 15) is 0 Å². The van der Waals surface area contributed by atoms with Crippen LogP contribution >= 0.6 is 0 Å². The highest BCUT2D eigenvalue weighted by molar-refractivity contribution is 5.74. The first kappa shape index (κ1) is 9.78. The summed E-state index contributed by atoms with van der Waals surface area (Å²) in [5.41, 5.74) is 2.14. The second-order valence-corrected chi connectivity index (χ2v) is 4.56. The number of aromatic nitrogens is 3. The Labute approximate surface area is 94.3 Å². The number of rotatable bonds is 3. The smallest absolute Gasteiger partial charge is 0.112 e. The Hall–Kier alpha value is -1.42. The van der Waals surface area contributed by atoms with E-state index in [1.165, 1.54) is 0 Å². The van der Waals surface area contributed by atoms with Crippen LogP contribution in [0.1, 0.15) is 25.6 Å². The van der Waals surface area contributed by atoms with Crippen molar-refractivity contribution in [3.63, 3.8) is 0 Å². The topological polar surface area (TPSA) is 43.2 Å². The SMILES string of the molecule is CC(C)c1nc2ccncc2n1C[C@@H]1CO1. The zero-order chi connectivity index (χ0) is 11.1. The fourth-order valence-corrected chi connectivity index (χ4v) is 2.00. The second-order valence-electron chi connectivity index (χ2n) is 4.56. The molecule has 1 aliphatic heterocycles. The van der Waals surface area contributed by atoms with Crippen molar-refractivity contribution >= 4 is 11.0 Å². The third-order valence-electron chi connectivity index (χ3n) is 2.89. The molecular formula is C12H15N3O. The van der Waals surface area contributed by atoms with Gasteiger partial charge in [0.25, 0.3) is 0 Å². The molecule has 3 heterocycles. The molecule has 1 fully saturated rings. The Balaban J connectivity index is 2.14. The van der Waals surface area contributed by atoms with Gasteiger partial charge in [0.1, 0.15) is 5.82 Å². The summed E-state index contributed by atoms with van der Waals surface area (Å²) in [4.78, 5) is 8.83. The predicted octanol–water partition coefficient (Wildman–Crippen LogP) is 1.95. The fraction of sp³-hybridized carbons (Fsp3) is 0.500. The van der Waals surface area contributed by atoms with Crippen molar-refractivity contribution < 1.29 is 4.74 Å². The van der Waals surface area contributed by atoms with E-state index in [-0.39, 0.29) is 0 Å². The molecular weight excluding hydrogens is 202 g/mol. The first-order valence-electron chi connectivity index (χ1n) is 5.67. The van der Waals surface area contributed by atoms with Crippen molar-refractivity contribution in [2.75, 3.05) is 6.61 Å². The number of ether oxygens (including phenoxy) is 1. The molecule has 4 nitrogen and oxygen atoms in total. The molecule has 0 spiro atoms. The van der Waals surface area contributed by atoms with E-state index < -0.39 is 0 Å². The summed E-state index contributed by atoms with van der Waals surface area (Å²) in [5.74, 6) is 1.55. The first-order valence-corrected chi connectivity index (χ1v) is 5.67. The van der Waals surface area contributed by atoms with Gasteiger partial charge in [-0.1, -0.05) is 13.8 Å². The Morgan fingerprint density at radius 2 is 2.38 bits per heavy atom. The summed E-state index contributed by atoms with van der Waals surface area (Å²) in [6, 6.07) is 1.96. The third-order valence-corrected chi connectivity index (χ3v) is 2.89. The lowest BCUT2D eigenvalue weighted by Crippen LogP contribution is -2.09. The van der Waals surface area contributed by atoms with E-state index in [4.69, 9.17) is 4.74 Å². The normalized spacial score (nSPS) is 19.6. The molecule has 0 bridgehead atoms. The average molecular weight is 217 g/mol. The molecule has 2 aromatic rings. The molecule has 4 heteroatoms. The molecule has 0 aromatic carbocycles. The van der Waals surface area contributed by atoms with Gasteiger partial charge in [0.15, 0.2) is 0 Å². The van der Waals surface area contributed by atoms with E-state index in [1.54, 1.807) is 6.20 Å². The second kappa shape index (κ2) is 3.56. The largest absolute Gasteiger partial charge is 0.371 e. The summed E-state index contributed by atoms with van der Waals surface area (Å²) in [6.45, 7) is 6.10. The minimum Gasteiger partial charge on any atom is -0.371 e. The van der Waals surface area contributed by atoms with E-state index in [1.807, 2.05) is 12.3 Å². The summed E-state index contributed by atoms with van der Waals surface area (Å²) in [5, 5.41) is 0. The molecule has 1 atom stereocenters. The Bertz CT molecular complexity index is 514. The van der Waals surface area contributed by atoms with E-state index >= 15 is 0 Å². The van der Waals surface area contributed by atoms with Crippen molar-refractivity contribution in [3.8, 4) is 0 Å². The quantitative estimate of drug-likeness (QED) is 0.738. The van der Waals surface area contributed by atoms with Crippen molar-refractivity contribution in [3.05, 3.63) is 24.3 Å². The molecule has 0 saturated carbocycles. The summed E-state index contributed by atoms with van der Waals surface area (Å²) in [6.07, 6.45) is 4.05. The van der Waals surface area contributed by atoms with E-state index in [0.717, 1.165) is 30.0 Å². The van der Waals surface area contributed by atoms with E-state index in [0.29, 0.717) is 12.0 Å². The van der Waals surface area contributed by atoms with Crippen molar-refractivity contribution in [2.24, 2.45) is 0 Å². The summed E-state index contributed by atoms with van der Waals surface area (Å²) < 4.78 is 7.54. The Morgan fingerprint density at radius 1 is 1.56 bits per heavy atom. The van der Waals surface area contributed by atoms with Crippen LogP contribution in [0.15, 0.2) is 18.5 Å². The zero-order valence-electron chi connectivity index (χ0n) is 9.55. The third kappa shape index (κ3) is 1.59. The van der Waals surface area contributed by atoms with Crippen LogP contribution < -0.4 is 0 Å². The maximum absolute atomic E-state index is 5.30. The molecule has 0 aliphatic carbocycles. The van der Waals surface area contributed by atoms with Crippen LogP contribution in [0.25, 0.3) is 11.0 Å². The molecule has 0 amide bonds. The Kier molecular flexibility index (Phi) is 2.17. The predicted molar refractivity (Wildman–Crippen MR) is 61.4 cm³/mol. The lowest BCUT2D eigenvalue weighted by molar-refractivity contribution is 0.381. The maximum atomic E-state index is 5.30. The number of epoxide rings is 1. The van der Waals surface area contributed by atoms with Crippen LogP contribution in [-0.2, 0) is 11.3 Å². The van der Waals surface area contributed by atoms with Gasteiger partial charge in [0.2, 0.25) is 0 Å². The van der Waals surface area contributed by atoms with Crippen molar-refractivity contribution in [1.82, 2.24) is 14.5 Å². The van der Waals surface area contributed by atoms with Crippen LogP contribution in [-0.4, -0.2) is 27.2 Å². The highest BCUT2D eigenvalue weighted by atomic mass is 16.6. The number of pyridine rings is 1. The molecule has 16 heavy (non-hydrogen) atoms. The highest BCUT2D eigenvalue weighted by Crippen LogP contribution is 2.23. The first-order chi connectivity index (χ1) is 7.75. The van der Waals surface area contributed by atoms with Crippen LogP contribution in [0, 0.1) is 0 Å². The van der Waals surface area contributed by atoms with Crippen molar-refractivity contribution in [2.45, 2.75) is 32.4 Å². The van der Waals surface area contributed by atoms with Crippen LogP contribution in [0.2, 0.25) is 0 Å². The van der Waals surface area contributed by atoms with Gasteiger partial charge in [-0.3, -0.25) is 4.98 Å². The van der Waals surface area contributed by atoms with Crippen LogP contribution in [0.4, 0.5) is 0 Å². The molecule has 84 valence electrons. The molecule has 1 saturated heterocycles. The van der Waals surface area contributed by atoms with E-state index in [2.05, 4.69) is 28.4 Å².